The second-order valence-corrected chi connectivity index (χ2v) is 7.26. The van der Waals surface area contributed by atoms with Crippen molar-refractivity contribution in [1.29, 1.82) is 0 Å². The van der Waals surface area contributed by atoms with Gasteiger partial charge in [-0.25, -0.2) is 5.43 Å². The highest BCUT2D eigenvalue weighted by molar-refractivity contribution is 8.22. The van der Waals surface area contributed by atoms with E-state index in [1.807, 2.05) is 47.7 Å². The van der Waals surface area contributed by atoms with E-state index in [1.165, 1.54) is 11.8 Å². The van der Waals surface area contributed by atoms with E-state index >= 15 is 0 Å². The highest BCUT2D eigenvalue weighted by Crippen LogP contribution is 2.43. The number of carbonyl (C=O) groups is 1. The Morgan fingerprint density at radius 3 is 3.00 bits per heavy atom. The molecule has 2 unspecified atom stereocenters. The standard InChI is InChI=1S/C17H20N2O2S2/c1-23-16(22)19(13-6-3-2-4-7-13)18-11-10-17-9-5-8-14(12-17)21-15(17)20/h2-7,9,14,18H,8,10-12H2,1H3. The number of thioether (sulfide) groups is 1. The second-order valence-electron chi connectivity index (χ2n) is 5.82. The van der Waals surface area contributed by atoms with Gasteiger partial charge in [0.15, 0.2) is 4.32 Å². The summed E-state index contributed by atoms with van der Waals surface area (Å²) in [7, 11) is 0. The lowest BCUT2D eigenvalue weighted by Crippen LogP contribution is -2.43. The summed E-state index contributed by atoms with van der Waals surface area (Å²) in [4.78, 5) is 12.2. The number of hydrogen-bond donors (Lipinski definition) is 1. The van der Waals surface area contributed by atoms with Crippen LogP contribution in [0.4, 0.5) is 5.69 Å². The van der Waals surface area contributed by atoms with E-state index < -0.39 is 5.41 Å². The Kier molecular flexibility index (Phi) is 5.04. The lowest BCUT2D eigenvalue weighted by molar-refractivity contribution is -0.146. The molecule has 122 valence electrons. The maximum absolute atomic E-state index is 12.2. The molecule has 1 aromatic rings. The summed E-state index contributed by atoms with van der Waals surface area (Å²) in [5, 5.41) is 1.90. The molecule has 4 nitrogen and oxygen atoms in total. The van der Waals surface area contributed by atoms with Gasteiger partial charge in [0.1, 0.15) is 6.10 Å². The van der Waals surface area contributed by atoms with Crippen LogP contribution in [0, 0.1) is 5.41 Å². The Balaban J connectivity index is 1.66. The topological polar surface area (TPSA) is 41.6 Å². The van der Waals surface area contributed by atoms with Gasteiger partial charge in [0.05, 0.1) is 11.1 Å². The van der Waals surface area contributed by atoms with Gasteiger partial charge < -0.3 is 4.74 Å². The molecule has 3 rings (SSSR count). The van der Waals surface area contributed by atoms with Crippen molar-refractivity contribution in [2.45, 2.75) is 25.4 Å². The lowest BCUT2D eigenvalue weighted by Gasteiger charge is -2.28. The van der Waals surface area contributed by atoms with Crippen molar-refractivity contribution in [3.05, 3.63) is 42.5 Å². The number of nitrogens with one attached hydrogen (secondary N) is 1. The van der Waals surface area contributed by atoms with E-state index in [-0.39, 0.29) is 12.1 Å². The summed E-state index contributed by atoms with van der Waals surface area (Å²) in [5.41, 5.74) is 3.90. The highest BCUT2D eigenvalue weighted by atomic mass is 32.2. The Labute approximate surface area is 146 Å². The smallest absolute Gasteiger partial charge is 0.316 e. The van der Waals surface area contributed by atoms with Crippen LogP contribution >= 0.6 is 24.0 Å². The SMILES string of the molecule is CSC(=S)N(NCCC12C=CCC(C1)OC2=O)c1ccccc1. The fourth-order valence-electron chi connectivity index (χ4n) is 3.12. The van der Waals surface area contributed by atoms with Crippen LogP contribution in [-0.4, -0.2) is 29.2 Å². The monoisotopic (exact) mass is 348 g/mol. The number of anilines is 1. The molecule has 1 aliphatic carbocycles. The molecule has 0 amide bonds. The fraction of sp³-hybridized carbons (Fsp3) is 0.412. The summed E-state index contributed by atoms with van der Waals surface area (Å²) in [6.07, 6.45) is 8.46. The molecule has 6 heteroatoms. The van der Waals surface area contributed by atoms with Crippen LogP contribution < -0.4 is 10.4 Å². The number of para-hydroxylation sites is 1. The van der Waals surface area contributed by atoms with Gasteiger partial charge in [0, 0.05) is 19.4 Å². The molecular formula is C17H20N2O2S2. The molecule has 0 aromatic heterocycles. The Bertz CT molecular complexity index is 620. The van der Waals surface area contributed by atoms with Crippen molar-refractivity contribution in [2.75, 3.05) is 17.8 Å². The largest absolute Gasteiger partial charge is 0.461 e. The first-order chi connectivity index (χ1) is 11.1. The van der Waals surface area contributed by atoms with E-state index in [4.69, 9.17) is 17.0 Å². The molecule has 1 heterocycles. The molecule has 23 heavy (non-hydrogen) atoms. The van der Waals surface area contributed by atoms with E-state index in [0.717, 1.165) is 22.8 Å². The second kappa shape index (κ2) is 7.03. The predicted molar refractivity (Wildman–Crippen MR) is 98.3 cm³/mol. The van der Waals surface area contributed by atoms with Crippen LogP contribution in [0.3, 0.4) is 0 Å². The first kappa shape index (κ1) is 16.5. The lowest BCUT2D eigenvalue weighted by atomic mass is 9.78. The molecule has 1 aliphatic heterocycles. The average Bonchev–Trinajstić information content (AvgIpc) is 2.80. The number of carbonyl (C=O) groups excluding carboxylic acids is 1. The van der Waals surface area contributed by atoms with Crippen LogP contribution in [0.25, 0.3) is 0 Å². The van der Waals surface area contributed by atoms with Crippen molar-refractivity contribution in [2.24, 2.45) is 5.41 Å². The van der Waals surface area contributed by atoms with Gasteiger partial charge in [-0.3, -0.25) is 9.80 Å². The Morgan fingerprint density at radius 2 is 2.26 bits per heavy atom. The van der Waals surface area contributed by atoms with E-state index in [2.05, 4.69) is 11.5 Å². The zero-order valence-corrected chi connectivity index (χ0v) is 14.7. The average molecular weight is 348 g/mol. The minimum atomic E-state index is -0.459. The molecule has 1 N–H and O–H groups in total. The highest BCUT2D eigenvalue weighted by Gasteiger charge is 2.48. The van der Waals surface area contributed by atoms with Gasteiger partial charge in [-0.1, -0.05) is 54.3 Å². The number of rotatable bonds is 5. The van der Waals surface area contributed by atoms with E-state index in [1.54, 1.807) is 0 Å². The number of nitrogens with zero attached hydrogens (tertiary/aromatic N) is 1. The van der Waals surface area contributed by atoms with Crippen molar-refractivity contribution in [1.82, 2.24) is 5.43 Å². The zero-order valence-electron chi connectivity index (χ0n) is 13.0. The number of ether oxygens (including phenoxy) is 1. The third-order valence-electron chi connectivity index (χ3n) is 4.32. The minimum absolute atomic E-state index is 0.0602. The first-order valence-electron chi connectivity index (χ1n) is 7.70. The Morgan fingerprint density at radius 1 is 1.48 bits per heavy atom. The first-order valence-corrected chi connectivity index (χ1v) is 9.33. The number of hydrazine groups is 1. The van der Waals surface area contributed by atoms with Crippen molar-refractivity contribution >= 4 is 40.0 Å². The van der Waals surface area contributed by atoms with Gasteiger partial charge in [0.25, 0.3) is 0 Å². The third kappa shape index (κ3) is 3.44. The van der Waals surface area contributed by atoms with Crippen molar-refractivity contribution in [3.63, 3.8) is 0 Å². The maximum atomic E-state index is 12.2. The number of hydrogen-bond acceptors (Lipinski definition) is 5. The van der Waals surface area contributed by atoms with E-state index in [9.17, 15) is 4.79 Å². The number of fused-ring (bicyclic) bond motifs is 2. The quantitative estimate of drug-likeness (QED) is 0.381. The minimum Gasteiger partial charge on any atom is -0.461 e. The van der Waals surface area contributed by atoms with Crippen LogP contribution in [-0.2, 0) is 9.53 Å². The molecular weight excluding hydrogens is 328 g/mol. The molecule has 2 aliphatic rings. The molecule has 2 bridgehead atoms. The van der Waals surface area contributed by atoms with Gasteiger partial charge in [0.2, 0.25) is 0 Å². The van der Waals surface area contributed by atoms with E-state index in [0.29, 0.717) is 13.0 Å². The Hall–Kier alpha value is -1.37. The van der Waals surface area contributed by atoms with Crippen LogP contribution in [0.5, 0.6) is 0 Å². The summed E-state index contributed by atoms with van der Waals surface area (Å²) in [5.74, 6) is -0.0863. The molecule has 1 saturated heterocycles. The molecule has 0 spiro atoms. The molecule has 0 radical (unpaired) electrons. The third-order valence-corrected chi connectivity index (χ3v) is 5.54. The molecule has 2 atom stereocenters. The van der Waals surface area contributed by atoms with Gasteiger partial charge >= 0.3 is 5.97 Å². The van der Waals surface area contributed by atoms with Gasteiger partial charge in [-0.15, -0.1) is 0 Å². The summed E-state index contributed by atoms with van der Waals surface area (Å²) < 4.78 is 6.18. The summed E-state index contributed by atoms with van der Waals surface area (Å²) in [6, 6.07) is 9.95. The maximum Gasteiger partial charge on any atom is 0.316 e. The fourth-order valence-corrected chi connectivity index (χ4v) is 3.64. The zero-order chi connectivity index (χ0) is 16.3. The van der Waals surface area contributed by atoms with Crippen molar-refractivity contribution in [3.8, 4) is 0 Å². The summed E-state index contributed by atoms with van der Waals surface area (Å²) in [6.45, 7) is 0.655. The van der Waals surface area contributed by atoms with Crippen LogP contribution in [0.15, 0.2) is 42.5 Å². The number of benzene rings is 1. The van der Waals surface area contributed by atoms with Crippen molar-refractivity contribution < 1.29 is 9.53 Å². The molecule has 1 fully saturated rings. The molecule has 0 saturated carbocycles. The number of thiocarbonyl (C=S) groups is 1. The van der Waals surface area contributed by atoms with Gasteiger partial charge in [-0.2, -0.15) is 0 Å². The number of esters is 1. The van der Waals surface area contributed by atoms with Crippen LogP contribution in [0.1, 0.15) is 19.3 Å². The summed E-state index contributed by atoms with van der Waals surface area (Å²) >= 11 is 6.95. The molecule has 1 aromatic carbocycles. The normalized spacial score (nSPS) is 25.3. The predicted octanol–water partition coefficient (Wildman–Crippen LogP) is 3.30. The van der Waals surface area contributed by atoms with Gasteiger partial charge in [-0.05, 0) is 24.8 Å². The van der Waals surface area contributed by atoms with Crippen LogP contribution in [0.2, 0.25) is 0 Å².